The lowest BCUT2D eigenvalue weighted by Crippen LogP contribution is -2.46. The third-order valence-corrected chi connectivity index (χ3v) is 4.33. The van der Waals surface area contributed by atoms with Crippen LogP contribution in [0.3, 0.4) is 0 Å². The minimum atomic E-state index is -0.00422. The molecule has 0 radical (unpaired) electrons. The van der Waals surface area contributed by atoms with Crippen molar-refractivity contribution >= 4 is 22.4 Å². The predicted octanol–water partition coefficient (Wildman–Crippen LogP) is 1.23. The average molecular weight is 306 g/mol. The zero-order valence-electron chi connectivity index (χ0n) is 11.7. The highest BCUT2D eigenvalue weighted by Crippen LogP contribution is 2.18. The fraction of sp³-hybridized carbons (Fsp3) is 0.538. The van der Waals surface area contributed by atoms with Crippen LogP contribution in [0.5, 0.6) is 0 Å². The van der Waals surface area contributed by atoms with Gasteiger partial charge in [0.15, 0.2) is 5.13 Å². The topological polar surface area (TPSA) is 75.9 Å². The monoisotopic (exact) mass is 306 g/mol. The van der Waals surface area contributed by atoms with Gasteiger partial charge in [-0.1, -0.05) is 6.42 Å². The van der Waals surface area contributed by atoms with Crippen LogP contribution in [-0.2, 0) is 11.3 Å². The molecule has 3 heterocycles. The zero-order valence-corrected chi connectivity index (χ0v) is 12.5. The van der Waals surface area contributed by atoms with Crippen molar-refractivity contribution < 1.29 is 4.79 Å². The number of aromatic nitrogens is 4. The van der Waals surface area contributed by atoms with Crippen molar-refractivity contribution in [3.63, 3.8) is 0 Å². The van der Waals surface area contributed by atoms with Gasteiger partial charge in [-0.15, -0.1) is 11.3 Å². The fourth-order valence-electron chi connectivity index (χ4n) is 2.65. The Kier molecular flexibility index (Phi) is 4.56. The summed E-state index contributed by atoms with van der Waals surface area (Å²) in [4.78, 5) is 22.4. The van der Waals surface area contributed by atoms with Gasteiger partial charge in [-0.25, -0.2) is 9.97 Å². The number of amides is 1. The quantitative estimate of drug-likeness (QED) is 0.899. The van der Waals surface area contributed by atoms with E-state index in [2.05, 4.69) is 25.3 Å². The maximum Gasteiger partial charge on any atom is 0.240 e. The van der Waals surface area contributed by atoms with Gasteiger partial charge in [0.1, 0.15) is 12.7 Å². The number of likely N-dealkylation sites (tertiary alicyclic amines) is 1. The van der Waals surface area contributed by atoms with Gasteiger partial charge in [-0.3, -0.25) is 14.4 Å². The minimum Gasteiger partial charge on any atom is -0.301 e. The number of nitrogens with zero attached hydrogens (tertiary/aromatic N) is 5. The maximum atomic E-state index is 12.1. The molecule has 21 heavy (non-hydrogen) atoms. The highest BCUT2D eigenvalue weighted by Gasteiger charge is 2.25. The Hall–Kier alpha value is -1.80. The van der Waals surface area contributed by atoms with Crippen LogP contribution in [-0.4, -0.2) is 49.7 Å². The number of piperidine rings is 1. The van der Waals surface area contributed by atoms with E-state index >= 15 is 0 Å². The lowest BCUT2D eigenvalue weighted by atomic mass is 10.0. The number of nitrogens with one attached hydrogen (secondary N) is 1. The number of thiazole rings is 1. The van der Waals surface area contributed by atoms with Crippen molar-refractivity contribution in [2.45, 2.75) is 31.8 Å². The molecule has 1 atom stereocenters. The minimum absolute atomic E-state index is 0.00422. The van der Waals surface area contributed by atoms with Gasteiger partial charge in [0.05, 0.1) is 13.1 Å². The SMILES string of the molecule is O=C(CN1CCCCC1Cn1cncn1)Nc1nccs1. The van der Waals surface area contributed by atoms with E-state index in [0.29, 0.717) is 17.7 Å². The molecule has 2 aromatic rings. The van der Waals surface area contributed by atoms with Crippen LogP contribution < -0.4 is 5.32 Å². The molecule has 112 valence electrons. The first-order valence-electron chi connectivity index (χ1n) is 7.07. The van der Waals surface area contributed by atoms with E-state index in [-0.39, 0.29) is 5.91 Å². The maximum absolute atomic E-state index is 12.1. The molecular weight excluding hydrogens is 288 g/mol. The predicted molar refractivity (Wildman–Crippen MR) is 80.0 cm³/mol. The van der Waals surface area contributed by atoms with E-state index in [4.69, 9.17) is 0 Å². The number of anilines is 1. The van der Waals surface area contributed by atoms with Crippen molar-refractivity contribution in [1.82, 2.24) is 24.6 Å². The van der Waals surface area contributed by atoms with E-state index < -0.39 is 0 Å². The standard InChI is InChI=1S/C13H18N6OS/c20-12(17-13-15-4-6-21-13)8-18-5-2-1-3-11(18)7-19-10-14-9-16-19/h4,6,9-11H,1-3,5,7-8H2,(H,15,17,20). The summed E-state index contributed by atoms with van der Waals surface area (Å²) in [6.45, 7) is 2.13. The van der Waals surface area contributed by atoms with E-state index in [1.165, 1.54) is 17.8 Å². The van der Waals surface area contributed by atoms with Crippen LogP contribution in [0.2, 0.25) is 0 Å². The second-order valence-corrected chi connectivity index (χ2v) is 6.02. The van der Waals surface area contributed by atoms with E-state index in [9.17, 15) is 4.79 Å². The largest absolute Gasteiger partial charge is 0.301 e. The Balaban J connectivity index is 1.57. The van der Waals surface area contributed by atoms with Gasteiger partial charge in [0, 0.05) is 17.6 Å². The fourth-order valence-corrected chi connectivity index (χ4v) is 3.19. The molecule has 0 aliphatic carbocycles. The molecule has 1 saturated heterocycles. The lowest BCUT2D eigenvalue weighted by Gasteiger charge is -2.34. The van der Waals surface area contributed by atoms with Gasteiger partial charge in [-0.05, 0) is 19.4 Å². The first-order valence-corrected chi connectivity index (χ1v) is 7.95. The third-order valence-electron chi connectivity index (χ3n) is 3.64. The van der Waals surface area contributed by atoms with Gasteiger partial charge < -0.3 is 5.32 Å². The highest BCUT2D eigenvalue weighted by molar-refractivity contribution is 7.13. The number of carbonyl (C=O) groups is 1. The number of rotatable bonds is 5. The molecule has 7 nitrogen and oxygen atoms in total. The first-order chi connectivity index (χ1) is 10.3. The van der Waals surface area contributed by atoms with Crippen molar-refractivity contribution in [3.8, 4) is 0 Å². The van der Waals surface area contributed by atoms with Crippen molar-refractivity contribution in [2.24, 2.45) is 0 Å². The average Bonchev–Trinajstić information content (AvgIpc) is 3.14. The number of hydrogen-bond acceptors (Lipinski definition) is 6. The summed E-state index contributed by atoms with van der Waals surface area (Å²) in [5.41, 5.74) is 0. The molecule has 1 amide bonds. The van der Waals surface area contributed by atoms with Gasteiger partial charge in [-0.2, -0.15) is 5.10 Å². The van der Waals surface area contributed by atoms with Crippen LogP contribution >= 0.6 is 11.3 Å². The molecule has 1 N–H and O–H groups in total. The molecule has 0 bridgehead atoms. The molecule has 0 spiro atoms. The Morgan fingerprint density at radius 1 is 1.48 bits per heavy atom. The molecule has 1 aliphatic rings. The van der Waals surface area contributed by atoms with Gasteiger partial charge in [0.25, 0.3) is 0 Å². The Morgan fingerprint density at radius 2 is 2.43 bits per heavy atom. The first kappa shape index (κ1) is 14.2. The number of hydrogen-bond donors (Lipinski definition) is 1. The van der Waals surface area contributed by atoms with E-state index in [1.54, 1.807) is 18.9 Å². The molecule has 1 unspecified atom stereocenters. The molecule has 3 rings (SSSR count). The van der Waals surface area contributed by atoms with Crippen LogP contribution in [0.25, 0.3) is 0 Å². The second kappa shape index (κ2) is 6.77. The number of carbonyl (C=O) groups excluding carboxylic acids is 1. The molecule has 0 aromatic carbocycles. The summed E-state index contributed by atoms with van der Waals surface area (Å²) in [6, 6.07) is 0.336. The molecule has 2 aromatic heterocycles. The highest BCUT2D eigenvalue weighted by atomic mass is 32.1. The Labute approximate surface area is 127 Å². The van der Waals surface area contributed by atoms with Crippen LogP contribution in [0.15, 0.2) is 24.2 Å². The van der Waals surface area contributed by atoms with Crippen molar-refractivity contribution in [3.05, 3.63) is 24.2 Å². The normalized spacial score (nSPS) is 19.5. The lowest BCUT2D eigenvalue weighted by molar-refractivity contribution is -0.118. The van der Waals surface area contributed by atoms with Crippen LogP contribution in [0, 0.1) is 0 Å². The summed E-state index contributed by atoms with van der Waals surface area (Å²) in [5.74, 6) is -0.00422. The smallest absolute Gasteiger partial charge is 0.240 e. The van der Waals surface area contributed by atoms with E-state index in [1.807, 2.05) is 10.1 Å². The zero-order chi connectivity index (χ0) is 14.5. The second-order valence-electron chi connectivity index (χ2n) is 5.12. The summed E-state index contributed by atoms with van der Waals surface area (Å²) in [5, 5.41) is 9.50. The summed E-state index contributed by atoms with van der Waals surface area (Å²) in [7, 11) is 0. The summed E-state index contributed by atoms with van der Waals surface area (Å²) >= 11 is 1.43. The Bertz CT molecular complexity index is 555. The van der Waals surface area contributed by atoms with Crippen molar-refractivity contribution in [2.75, 3.05) is 18.4 Å². The van der Waals surface area contributed by atoms with Crippen LogP contribution in [0.1, 0.15) is 19.3 Å². The summed E-state index contributed by atoms with van der Waals surface area (Å²) in [6.07, 6.45) is 8.38. The molecule has 1 aliphatic heterocycles. The van der Waals surface area contributed by atoms with Gasteiger partial charge >= 0.3 is 0 Å². The molecular formula is C13H18N6OS. The van der Waals surface area contributed by atoms with Gasteiger partial charge in [0.2, 0.25) is 5.91 Å². The van der Waals surface area contributed by atoms with Crippen LogP contribution in [0.4, 0.5) is 5.13 Å². The Morgan fingerprint density at radius 3 is 3.19 bits per heavy atom. The van der Waals surface area contributed by atoms with Crippen molar-refractivity contribution in [1.29, 1.82) is 0 Å². The molecule has 0 saturated carbocycles. The molecule has 8 heteroatoms. The molecule has 1 fully saturated rings. The third kappa shape index (κ3) is 3.85. The van der Waals surface area contributed by atoms with E-state index in [0.717, 1.165) is 25.9 Å². The summed E-state index contributed by atoms with van der Waals surface area (Å²) < 4.78 is 1.84.